The van der Waals surface area contributed by atoms with Crippen LogP contribution in [0.1, 0.15) is 44.3 Å². The summed E-state index contributed by atoms with van der Waals surface area (Å²) in [7, 11) is 0. The fraction of sp³-hybridized carbons (Fsp3) is 0.786. The quantitative estimate of drug-likeness (QED) is 0.884. The predicted octanol–water partition coefficient (Wildman–Crippen LogP) is 2.34. The van der Waals surface area contributed by atoms with E-state index in [1.807, 2.05) is 0 Å². The van der Waals surface area contributed by atoms with Crippen LogP contribution in [-0.4, -0.2) is 29.3 Å². The van der Waals surface area contributed by atoms with E-state index in [1.54, 1.807) is 11.3 Å². The van der Waals surface area contributed by atoms with Crippen LogP contribution in [0.15, 0.2) is 5.38 Å². The Morgan fingerprint density at radius 1 is 1.56 bits per heavy atom. The zero-order valence-electron chi connectivity index (χ0n) is 11.6. The van der Waals surface area contributed by atoms with Crippen molar-refractivity contribution >= 4 is 11.3 Å². The van der Waals surface area contributed by atoms with Gasteiger partial charge in [-0.1, -0.05) is 20.8 Å². The number of hydrogen-bond acceptors (Lipinski definition) is 4. The van der Waals surface area contributed by atoms with Gasteiger partial charge < -0.3 is 10.4 Å². The molecule has 0 aliphatic carbocycles. The molecular weight excluding hydrogens is 244 g/mol. The van der Waals surface area contributed by atoms with Crippen molar-refractivity contribution in [3.8, 4) is 0 Å². The predicted molar refractivity (Wildman–Crippen MR) is 76.1 cm³/mol. The first-order chi connectivity index (χ1) is 8.47. The van der Waals surface area contributed by atoms with Gasteiger partial charge in [0.25, 0.3) is 0 Å². The monoisotopic (exact) mass is 268 g/mol. The van der Waals surface area contributed by atoms with E-state index >= 15 is 0 Å². The van der Waals surface area contributed by atoms with Gasteiger partial charge in [0.05, 0.1) is 16.8 Å². The van der Waals surface area contributed by atoms with Crippen LogP contribution in [0.3, 0.4) is 0 Å². The Kier molecular flexibility index (Phi) is 4.41. The minimum Gasteiger partial charge on any atom is -0.392 e. The summed E-state index contributed by atoms with van der Waals surface area (Å²) in [5.74, 6) is 0.390. The van der Waals surface area contributed by atoms with Gasteiger partial charge in [-0.15, -0.1) is 11.3 Å². The summed E-state index contributed by atoms with van der Waals surface area (Å²) in [4.78, 5) is 4.65. The van der Waals surface area contributed by atoms with Gasteiger partial charge in [0.2, 0.25) is 0 Å². The van der Waals surface area contributed by atoms with E-state index < -0.39 is 0 Å². The molecule has 2 unspecified atom stereocenters. The van der Waals surface area contributed by atoms with Crippen molar-refractivity contribution in [3.05, 3.63) is 16.1 Å². The van der Waals surface area contributed by atoms with Crippen molar-refractivity contribution < 1.29 is 5.11 Å². The number of thiazole rings is 1. The minimum atomic E-state index is -0.253. The summed E-state index contributed by atoms with van der Waals surface area (Å²) in [6, 6.07) is 0. The molecule has 1 aliphatic rings. The smallest absolute Gasteiger partial charge is 0.0954 e. The molecule has 2 atom stereocenters. The maximum Gasteiger partial charge on any atom is 0.0954 e. The zero-order chi connectivity index (χ0) is 13.2. The first-order valence-corrected chi connectivity index (χ1v) is 7.68. The third kappa shape index (κ3) is 3.53. The molecule has 0 spiro atoms. The summed E-state index contributed by atoms with van der Waals surface area (Å²) in [6.07, 6.45) is 2.75. The molecule has 0 aromatic carbocycles. The topological polar surface area (TPSA) is 45.1 Å². The third-order valence-electron chi connectivity index (χ3n) is 3.58. The van der Waals surface area contributed by atoms with Crippen LogP contribution in [0.2, 0.25) is 0 Å². The fourth-order valence-corrected chi connectivity index (χ4v) is 3.37. The van der Waals surface area contributed by atoms with Crippen LogP contribution >= 0.6 is 11.3 Å². The molecule has 2 heterocycles. The maximum absolute atomic E-state index is 10.3. The van der Waals surface area contributed by atoms with Gasteiger partial charge in [-0.3, -0.25) is 0 Å². The van der Waals surface area contributed by atoms with Crippen molar-refractivity contribution in [1.82, 2.24) is 10.3 Å². The van der Waals surface area contributed by atoms with E-state index in [9.17, 15) is 5.11 Å². The summed E-state index contributed by atoms with van der Waals surface area (Å²) in [5.41, 5.74) is 1.24. The molecule has 2 N–H and O–H groups in total. The van der Waals surface area contributed by atoms with Crippen molar-refractivity contribution in [1.29, 1.82) is 0 Å². The molecule has 102 valence electrons. The van der Waals surface area contributed by atoms with Crippen molar-refractivity contribution in [2.24, 2.45) is 5.92 Å². The van der Waals surface area contributed by atoms with E-state index in [1.165, 1.54) is 6.42 Å². The highest BCUT2D eigenvalue weighted by molar-refractivity contribution is 7.09. The number of piperidine rings is 1. The molecule has 1 saturated heterocycles. The second kappa shape index (κ2) is 5.68. The number of rotatable bonds is 3. The lowest BCUT2D eigenvalue weighted by Crippen LogP contribution is -2.37. The Morgan fingerprint density at radius 2 is 2.33 bits per heavy atom. The molecule has 2 rings (SSSR count). The first-order valence-electron chi connectivity index (χ1n) is 6.80. The van der Waals surface area contributed by atoms with Crippen LogP contribution in [0.5, 0.6) is 0 Å². The largest absolute Gasteiger partial charge is 0.392 e. The summed E-state index contributed by atoms with van der Waals surface area (Å²) < 4.78 is 0. The lowest BCUT2D eigenvalue weighted by molar-refractivity contribution is 0.0921. The highest BCUT2D eigenvalue weighted by Crippen LogP contribution is 2.26. The Balaban J connectivity index is 1.94. The number of hydrogen-bond donors (Lipinski definition) is 2. The van der Waals surface area contributed by atoms with E-state index in [0.29, 0.717) is 12.3 Å². The van der Waals surface area contributed by atoms with Crippen molar-refractivity contribution in [2.45, 2.75) is 51.6 Å². The Morgan fingerprint density at radius 3 is 2.89 bits per heavy atom. The van der Waals surface area contributed by atoms with Crippen LogP contribution in [0.4, 0.5) is 0 Å². The molecule has 3 nitrogen and oxygen atoms in total. The summed E-state index contributed by atoms with van der Waals surface area (Å²) in [6.45, 7) is 8.56. The molecule has 4 heteroatoms. The number of aliphatic hydroxyl groups is 1. The van der Waals surface area contributed by atoms with Gasteiger partial charge in [0.15, 0.2) is 0 Å². The molecule has 1 aromatic rings. The molecule has 0 amide bonds. The Hall–Kier alpha value is -0.450. The molecule has 0 saturated carbocycles. The highest BCUT2D eigenvalue weighted by atomic mass is 32.1. The molecular formula is C14H24N2OS. The van der Waals surface area contributed by atoms with Crippen LogP contribution < -0.4 is 5.32 Å². The minimum absolute atomic E-state index is 0.103. The first kappa shape index (κ1) is 14.0. The summed E-state index contributed by atoms with van der Waals surface area (Å²) >= 11 is 1.68. The molecule has 1 aromatic heterocycles. The number of nitrogens with one attached hydrogen (secondary N) is 1. The van der Waals surface area contributed by atoms with Crippen molar-refractivity contribution in [2.75, 3.05) is 13.1 Å². The maximum atomic E-state index is 10.3. The number of aromatic nitrogens is 1. The van der Waals surface area contributed by atoms with Gasteiger partial charge >= 0.3 is 0 Å². The molecule has 18 heavy (non-hydrogen) atoms. The fourth-order valence-electron chi connectivity index (χ4n) is 2.30. The normalized spacial score (nSPS) is 23.0. The van der Waals surface area contributed by atoms with Gasteiger partial charge in [-0.25, -0.2) is 4.98 Å². The third-order valence-corrected chi connectivity index (χ3v) is 4.45. The zero-order valence-corrected chi connectivity index (χ0v) is 12.4. The number of nitrogens with zero attached hydrogens (tertiary/aromatic N) is 1. The standard InChI is InChI=1S/C14H24N2OS/c1-14(2,3)12-9-18-13(16-12)7-11(17)10-5-4-6-15-8-10/h9-11,15,17H,4-8H2,1-3H3. The van der Waals surface area contributed by atoms with Gasteiger partial charge in [-0.05, 0) is 25.3 Å². The van der Waals surface area contributed by atoms with E-state index in [2.05, 4.69) is 36.5 Å². The highest BCUT2D eigenvalue weighted by Gasteiger charge is 2.24. The molecule has 1 aliphatic heterocycles. The van der Waals surface area contributed by atoms with Gasteiger partial charge in [0, 0.05) is 23.8 Å². The van der Waals surface area contributed by atoms with Crippen LogP contribution in [0, 0.1) is 5.92 Å². The van der Waals surface area contributed by atoms with Crippen molar-refractivity contribution in [3.63, 3.8) is 0 Å². The summed E-state index contributed by atoms with van der Waals surface area (Å²) in [5, 5.41) is 16.8. The molecule has 0 bridgehead atoms. The van der Waals surface area contributed by atoms with E-state index in [-0.39, 0.29) is 11.5 Å². The van der Waals surface area contributed by atoms with Crippen LogP contribution in [0.25, 0.3) is 0 Å². The second-order valence-corrected chi connectivity index (χ2v) is 7.20. The lowest BCUT2D eigenvalue weighted by Gasteiger charge is -2.26. The van der Waals surface area contributed by atoms with Gasteiger partial charge in [0.1, 0.15) is 0 Å². The SMILES string of the molecule is CC(C)(C)c1csc(CC(O)C2CCCNC2)n1. The van der Waals surface area contributed by atoms with E-state index in [0.717, 1.165) is 30.2 Å². The van der Waals surface area contributed by atoms with Gasteiger partial charge in [-0.2, -0.15) is 0 Å². The van der Waals surface area contributed by atoms with E-state index in [4.69, 9.17) is 0 Å². The second-order valence-electron chi connectivity index (χ2n) is 6.25. The Labute approximate surface area is 114 Å². The number of aliphatic hydroxyl groups excluding tert-OH is 1. The molecule has 0 radical (unpaired) electrons. The van der Waals surface area contributed by atoms with Crippen LogP contribution in [-0.2, 0) is 11.8 Å². The lowest BCUT2D eigenvalue weighted by atomic mass is 9.92. The molecule has 1 fully saturated rings. The average molecular weight is 268 g/mol. The Bertz CT molecular complexity index is 377. The average Bonchev–Trinajstić information content (AvgIpc) is 2.78.